The van der Waals surface area contributed by atoms with E-state index in [0.29, 0.717) is 6.04 Å². The van der Waals surface area contributed by atoms with Crippen LogP contribution in [0.5, 0.6) is 0 Å². The van der Waals surface area contributed by atoms with E-state index in [1.54, 1.807) is 0 Å². The van der Waals surface area contributed by atoms with Crippen molar-refractivity contribution in [2.75, 3.05) is 12.8 Å². The highest BCUT2D eigenvalue weighted by Gasteiger charge is 2.21. The first-order chi connectivity index (χ1) is 8.76. The van der Waals surface area contributed by atoms with Gasteiger partial charge in [-0.3, -0.25) is 4.68 Å². The molecule has 0 radical (unpaired) electrons. The van der Waals surface area contributed by atoms with Gasteiger partial charge < -0.3 is 5.32 Å². The number of thioether (sulfide) groups is 1. The van der Waals surface area contributed by atoms with Gasteiger partial charge in [-0.2, -0.15) is 16.9 Å². The van der Waals surface area contributed by atoms with Crippen LogP contribution in [0.15, 0.2) is 10.7 Å². The number of nitrogens with zero attached hydrogens (tertiary/aromatic N) is 2. The first kappa shape index (κ1) is 14.4. The van der Waals surface area contributed by atoms with Crippen LogP contribution in [0.1, 0.15) is 44.3 Å². The molecule has 0 bridgehead atoms. The van der Waals surface area contributed by atoms with E-state index >= 15 is 0 Å². The standard InChI is InChI=1S/C13H22BrN3S/c1-3-17-13(11(14)8-16-17)12(15-2)9-18-10-6-4-5-7-10/h8,10,12,15H,3-7,9H2,1-2H3. The first-order valence-corrected chi connectivity index (χ1v) is 8.60. The number of halogens is 1. The minimum atomic E-state index is 0.382. The molecule has 5 heteroatoms. The van der Waals surface area contributed by atoms with Crippen LogP contribution in [0.4, 0.5) is 0 Å². The molecule has 1 N–H and O–H groups in total. The Hall–Kier alpha value is -0.0000000000000000763. The third-order valence-electron chi connectivity index (χ3n) is 3.61. The summed E-state index contributed by atoms with van der Waals surface area (Å²) >= 11 is 5.74. The van der Waals surface area contributed by atoms with Crippen LogP contribution in [0, 0.1) is 0 Å². The predicted molar refractivity (Wildman–Crippen MR) is 82.1 cm³/mol. The number of nitrogens with one attached hydrogen (secondary N) is 1. The van der Waals surface area contributed by atoms with Crippen molar-refractivity contribution >= 4 is 27.7 Å². The van der Waals surface area contributed by atoms with E-state index in [0.717, 1.165) is 22.0 Å². The van der Waals surface area contributed by atoms with Crippen LogP contribution in [0.2, 0.25) is 0 Å². The lowest BCUT2D eigenvalue weighted by atomic mass is 10.2. The summed E-state index contributed by atoms with van der Waals surface area (Å²) in [7, 11) is 2.04. The minimum Gasteiger partial charge on any atom is -0.311 e. The second kappa shape index (κ2) is 6.96. The molecular formula is C13H22BrN3S. The SMILES string of the molecule is CCn1ncc(Br)c1C(CSC1CCCC1)NC. The van der Waals surface area contributed by atoms with Crippen molar-refractivity contribution in [1.82, 2.24) is 15.1 Å². The van der Waals surface area contributed by atoms with Crippen LogP contribution < -0.4 is 5.32 Å². The number of aromatic nitrogens is 2. The molecule has 18 heavy (non-hydrogen) atoms. The lowest BCUT2D eigenvalue weighted by molar-refractivity contribution is 0.547. The van der Waals surface area contributed by atoms with Crippen molar-refractivity contribution in [1.29, 1.82) is 0 Å². The van der Waals surface area contributed by atoms with Gasteiger partial charge in [0.1, 0.15) is 0 Å². The van der Waals surface area contributed by atoms with E-state index in [2.05, 4.69) is 49.7 Å². The zero-order chi connectivity index (χ0) is 13.0. The van der Waals surface area contributed by atoms with Gasteiger partial charge in [-0.15, -0.1) is 0 Å². The average molecular weight is 332 g/mol. The Morgan fingerprint density at radius 2 is 2.28 bits per heavy atom. The van der Waals surface area contributed by atoms with E-state index in [9.17, 15) is 0 Å². The summed E-state index contributed by atoms with van der Waals surface area (Å²) in [5, 5.41) is 8.71. The molecular weight excluding hydrogens is 310 g/mol. The molecule has 102 valence electrons. The first-order valence-electron chi connectivity index (χ1n) is 6.76. The highest BCUT2D eigenvalue weighted by atomic mass is 79.9. The molecule has 2 rings (SSSR count). The molecule has 1 saturated carbocycles. The second-order valence-electron chi connectivity index (χ2n) is 4.77. The molecule has 1 heterocycles. The molecule has 0 amide bonds. The van der Waals surface area contributed by atoms with Crippen LogP contribution >= 0.6 is 27.7 Å². The maximum absolute atomic E-state index is 4.40. The lowest BCUT2D eigenvalue weighted by Crippen LogP contribution is -2.23. The molecule has 3 nitrogen and oxygen atoms in total. The third kappa shape index (κ3) is 3.31. The largest absolute Gasteiger partial charge is 0.311 e. The van der Waals surface area contributed by atoms with Gasteiger partial charge in [0, 0.05) is 17.5 Å². The quantitative estimate of drug-likeness (QED) is 0.863. The van der Waals surface area contributed by atoms with Crippen LogP contribution in [0.25, 0.3) is 0 Å². The number of hydrogen-bond donors (Lipinski definition) is 1. The fourth-order valence-electron chi connectivity index (χ4n) is 2.56. The zero-order valence-corrected chi connectivity index (χ0v) is 13.6. The van der Waals surface area contributed by atoms with Gasteiger partial charge in [-0.05, 0) is 42.7 Å². The van der Waals surface area contributed by atoms with Crippen molar-refractivity contribution in [2.45, 2.75) is 50.4 Å². The summed E-state index contributed by atoms with van der Waals surface area (Å²) in [6, 6.07) is 0.382. The molecule has 1 aliphatic carbocycles. The molecule has 0 saturated heterocycles. The molecule has 1 aromatic heterocycles. The van der Waals surface area contributed by atoms with E-state index in [4.69, 9.17) is 0 Å². The molecule has 1 atom stereocenters. The van der Waals surface area contributed by atoms with Crippen LogP contribution in [0.3, 0.4) is 0 Å². The van der Waals surface area contributed by atoms with Crippen molar-refractivity contribution in [3.63, 3.8) is 0 Å². The molecule has 0 spiro atoms. The van der Waals surface area contributed by atoms with Gasteiger partial charge in [0.25, 0.3) is 0 Å². The van der Waals surface area contributed by atoms with E-state index in [-0.39, 0.29) is 0 Å². The van der Waals surface area contributed by atoms with Gasteiger partial charge in [-0.25, -0.2) is 0 Å². The van der Waals surface area contributed by atoms with Gasteiger partial charge in [0.05, 0.1) is 22.4 Å². The Morgan fingerprint density at radius 3 is 2.89 bits per heavy atom. The Labute approximate surface area is 122 Å². The monoisotopic (exact) mass is 331 g/mol. The molecule has 1 unspecified atom stereocenters. The normalized spacial score (nSPS) is 18.4. The lowest BCUT2D eigenvalue weighted by Gasteiger charge is -2.20. The molecule has 1 aliphatic rings. The minimum absolute atomic E-state index is 0.382. The van der Waals surface area contributed by atoms with E-state index in [1.807, 2.05) is 13.2 Å². The van der Waals surface area contributed by atoms with Gasteiger partial charge in [-0.1, -0.05) is 12.8 Å². The van der Waals surface area contributed by atoms with Crippen LogP contribution in [-0.2, 0) is 6.54 Å². The summed E-state index contributed by atoms with van der Waals surface area (Å²) in [6.07, 6.45) is 7.53. The Kier molecular flexibility index (Phi) is 5.57. The maximum Gasteiger partial charge on any atom is 0.0703 e. The summed E-state index contributed by atoms with van der Waals surface area (Å²) < 4.78 is 3.20. The predicted octanol–water partition coefficient (Wildman–Crippen LogP) is 3.60. The Balaban J connectivity index is 2.00. The fraction of sp³-hybridized carbons (Fsp3) is 0.769. The van der Waals surface area contributed by atoms with Crippen molar-refractivity contribution in [3.05, 3.63) is 16.4 Å². The van der Waals surface area contributed by atoms with Crippen molar-refractivity contribution in [2.24, 2.45) is 0 Å². The van der Waals surface area contributed by atoms with Gasteiger partial charge in [0.2, 0.25) is 0 Å². The van der Waals surface area contributed by atoms with Gasteiger partial charge >= 0.3 is 0 Å². The molecule has 0 aliphatic heterocycles. The maximum atomic E-state index is 4.40. The topological polar surface area (TPSA) is 29.9 Å². The molecule has 1 aromatic rings. The highest BCUT2D eigenvalue weighted by molar-refractivity contribution is 9.10. The smallest absolute Gasteiger partial charge is 0.0703 e. The number of rotatable bonds is 6. The summed E-state index contributed by atoms with van der Waals surface area (Å²) in [5.41, 5.74) is 1.28. The molecule has 1 fully saturated rings. The Bertz CT molecular complexity index is 374. The average Bonchev–Trinajstić information content (AvgIpc) is 3.01. The van der Waals surface area contributed by atoms with Gasteiger partial charge in [0.15, 0.2) is 0 Å². The second-order valence-corrected chi connectivity index (χ2v) is 6.96. The number of aryl methyl sites for hydroxylation is 1. The number of hydrogen-bond acceptors (Lipinski definition) is 3. The van der Waals surface area contributed by atoms with Crippen molar-refractivity contribution < 1.29 is 0 Å². The summed E-state index contributed by atoms with van der Waals surface area (Å²) in [5.74, 6) is 1.13. The van der Waals surface area contributed by atoms with Crippen LogP contribution in [-0.4, -0.2) is 27.8 Å². The molecule has 0 aromatic carbocycles. The highest BCUT2D eigenvalue weighted by Crippen LogP contribution is 2.33. The summed E-state index contributed by atoms with van der Waals surface area (Å²) in [4.78, 5) is 0. The zero-order valence-electron chi connectivity index (χ0n) is 11.2. The van der Waals surface area contributed by atoms with E-state index in [1.165, 1.54) is 31.4 Å². The Morgan fingerprint density at radius 1 is 1.56 bits per heavy atom. The van der Waals surface area contributed by atoms with Crippen molar-refractivity contribution in [3.8, 4) is 0 Å². The van der Waals surface area contributed by atoms with E-state index < -0.39 is 0 Å². The summed E-state index contributed by atoms with van der Waals surface area (Å²) in [6.45, 7) is 3.06. The fourth-order valence-corrected chi connectivity index (χ4v) is 4.59. The third-order valence-corrected chi connectivity index (χ3v) is 5.69.